The van der Waals surface area contributed by atoms with Gasteiger partial charge in [-0.1, -0.05) is 0 Å². The number of hydrogen-bond donors (Lipinski definition) is 4. The number of nitrogens with one attached hydrogen (secondary N) is 2. The van der Waals surface area contributed by atoms with Crippen molar-refractivity contribution in [3.8, 4) is 11.5 Å². The SMILES string of the molecule is Cc1cc2nc3c(=O)[nH]c(=O)nc-3n(CCNCCC[C@H](N)C(=O)O)c2cc1C. The number of aromatic amines is 1. The van der Waals surface area contributed by atoms with Gasteiger partial charge in [0.2, 0.25) is 0 Å². The van der Waals surface area contributed by atoms with Crippen LogP contribution >= 0.6 is 0 Å². The van der Waals surface area contributed by atoms with Crippen molar-refractivity contribution in [2.24, 2.45) is 5.73 Å². The van der Waals surface area contributed by atoms with Crippen molar-refractivity contribution in [1.29, 1.82) is 0 Å². The Kier molecular flexibility index (Phi) is 6.04. The molecule has 5 N–H and O–H groups in total. The van der Waals surface area contributed by atoms with E-state index in [9.17, 15) is 14.4 Å². The molecule has 1 aromatic carbocycles. The third-order valence-electron chi connectivity index (χ3n) is 4.92. The number of carboxylic acid groups (broad SMARTS) is 1. The maximum absolute atomic E-state index is 12.2. The first kappa shape index (κ1) is 20.6. The summed E-state index contributed by atoms with van der Waals surface area (Å²) in [6, 6.07) is 3.01. The van der Waals surface area contributed by atoms with Crippen LogP contribution in [-0.2, 0) is 11.3 Å². The maximum atomic E-state index is 12.2. The molecule has 154 valence electrons. The van der Waals surface area contributed by atoms with E-state index in [0.717, 1.165) is 16.6 Å². The number of aliphatic carboxylic acids is 1. The lowest BCUT2D eigenvalue weighted by molar-refractivity contribution is -0.138. The highest BCUT2D eigenvalue weighted by Gasteiger charge is 2.19. The molecule has 10 nitrogen and oxygen atoms in total. The lowest BCUT2D eigenvalue weighted by Gasteiger charge is -2.18. The maximum Gasteiger partial charge on any atom is 0.349 e. The highest BCUT2D eigenvalue weighted by molar-refractivity contribution is 5.81. The summed E-state index contributed by atoms with van der Waals surface area (Å²) in [7, 11) is 0. The van der Waals surface area contributed by atoms with Crippen molar-refractivity contribution < 1.29 is 9.90 Å². The van der Waals surface area contributed by atoms with Gasteiger partial charge >= 0.3 is 11.7 Å². The summed E-state index contributed by atoms with van der Waals surface area (Å²) in [4.78, 5) is 45.3. The first-order chi connectivity index (χ1) is 13.8. The van der Waals surface area contributed by atoms with Crippen molar-refractivity contribution >= 4 is 17.0 Å². The van der Waals surface area contributed by atoms with E-state index in [1.165, 1.54) is 0 Å². The first-order valence-corrected chi connectivity index (χ1v) is 9.39. The molecule has 0 saturated carbocycles. The van der Waals surface area contributed by atoms with Gasteiger partial charge in [-0.15, -0.1) is 0 Å². The number of carbonyl (C=O) groups is 1. The molecule has 0 spiro atoms. The number of nitrogens with zero attached hydrogens (tertiary/aromatic N) is 3. The predicted molar refractivity (Wildman–Crippen MR) is 108 cm³/mol. The molecule has 3 rings (SSSR count). The number of aromatic nitrogens is 4. The van der Waals surface area contributed by atoms with Crippen LogP contribution in [0.3, 0.4) is 0 Å². The fraction of sp³-hybridized carbons (Fsp3) is 0.421. The summed E-state index contributed by atoms with van der Waals surface area (Å²) >= 11 is 0. The van der Waals surface area contributed by atoms with Gasteiger partial charge in [-0.3, -0.25) is 14.6 Å². The van der Waals surface area contributed by atoms with Gasteiger partial charge in [0.1, 0.15) is 6.04 Å². The van der Waals surface area contributed by atoms with Gasteiger partial charge in [-0.05, 0) is 56.5 Å². The van der Waals surface area contributed by atoms with Crippen molar-refractivity contribution in [2.45, 2.75) is 39.3 Å². The molecular weight excluding hydrogens is 376 g/mol. The average molecular weight is 400 g/mol. The summed E-state index contributed by atoms with van der Waals surface area (Å²) < 4.78 is 1.82. The molecule has 0 aliphatic carbocycles. The van der Waals surface area contributed by atoms with E-state index < -0.39 is 23.3 Å². The average Bonchev–Trinajstić information content (AvgIpc) is 2.65. The van der Waals surface area contributed by atoms with Crippen LogP contribution in [0.4, 0.5) is 0 Å². The number of benzene rings is 1. The van der Waals surface area contributed by atoms with Crippen molar-refractivity contribution in [2.75, 3.05) is 13.1 Å². The van der Waals surface area contributed by atoms with E-state index in [1.54, 1.807) is 0 Å². The minimum absolute atomic E-state index is 0.118. The molecule has 0 aromatic heterocycles. The van der Waals surface area contributed by atoms with Crippen LogP contribution in [0.15, 0.2) is 21.7 Å². The van der Waals surface area contributed by atoms with E-state index in [4.69, 9.17) is 10.8 Å². The number of H-pyrrole nitrogens is 1. The number of fused-ring (bicyclic) bond motifs is 2. The smallest absolute Gasteiger partial charge is 0.349 e. The summed E-state index contributed by atoms with van der Waals surface area (Å²) in [6.07, 6.45) is 1.00. The molecule has 0 radical (unpaired) electrons. The van der Waals surface area contributed by atoms with Gasteiger partial charge < -0.3 is 20.7 Å². The zero-order valence-corrected chi connectivity index (χ0v) is 16.4. The van der Waals surface area contributed by atoms with Gasteiger partial charge in [0, 0.05) is 13.1 Å². The fourth-order valence-electron chi connectivity index (χ4n) is 3.16. The third kappa shape index (κ3) is 4.49. The van der Waals surface area contributed by atoms with Crippen molar-refractivity contribution in [1.82, 2.24) is 24.8 Å². The number of carboxylic acids is 1. The second-order valence-electron chi connectivity index (χ2n) is 7.07. The second kappa shape index (κ2) is 8.50. The van der Waals surface area contributed by atoms with Crippen LogP contribution in [0.5, 0.6) is 0 Å². The standard InChI is InChI=1S/C19H24N6O4/c1-10-8-13-14(9-11(10)2)25(7-6-21-5-3-4-12(20)18(27)28)16-15(22-13)17(26)24-19(29)23-16/h8-9,12,21H,3-7,20H2,1-2H3,(H,27,28)(H,24,26,29)/t12-/m0/s1. The summed E-state index contributed by atoms with van der Waals surface area (Å²) in [5.74, 6) is -0.769. The Bertz CT molecular complexity index is 1140. The monoisotopic (exact) mass is 400 g/mol. The molecule has 0 amide bonds. The van der Waals surface area contributed by atoms with Crippen molar-refractivity contribution in [3.63, 3.8) is 0 Å². The minimum atomic E-state index is -1.01. The largest absolute Gasteiger partial charge is 0.480 e. The third-order valence-corrected chi connectivity index (χ3v) is 4.92. The normalized spacial score (nSPS) is 12.5. The van der Waals surface area contributed by atoms with E-state index in [0.29, 0.717) is 38.0 Å². The Balaban J connectivity index is 1.86. The highest BCUT2D eigenvalue weighted by Crippen LogP contribution is 2.23. The minimum Gasteiger partial charge on any atom is -0.480 e. The van der Waals surface area contributed by atoms with E-state index >= 15 is 0 Å². The van der Waals surface area contributed by atoms with E-state index in [2.05, 4.69) is 20.3 Å². The van der Waals surface area contributed by atoms with Crippen LogP contribution in [0.2, 0.25) is 0 Å². The molecule has 1 aromatic rings. The van der Waals surface area contributed by atoms with Gasteiger partial charge in [-0.2, -0.15) is 4.98 Å². The predicted octanol–water partition coefficient (Wildman–Crippen LogP) is -0.0169. The number of aryl methyl sites for hydroxylation is 2. The Morgan fingerprint density at radius 2 is 1.97 bits per heavy atom. The lowest BCUT2D eigenvalue weighted by Crippen LogP contribution is -2.32. The molecular formula is C19H24N6O4. The number of rotatable bonds is 8. The molecule has 2 heterocycles. The Hall–Kier alpha value is -3.11. The Labute approximate surface area is 166 Å². The summed E-state index contributed by atoms with van der Waals surface area (Å²) in [5, 5.41) is 12.0. The van der Waals surface area contributed by atoms with Gasteiger partial charge in [-0.25, -0.2) is 9.78 Å². The topological polar surface area (TPSA) is 156 Å². The lowest BCUT2D eigenvalue weighted by atomic mass is 10.1. The summed E-state index contributed by atoms with van der Waals surface area (Å²) in [6.45, 7) is 5.55. The summed E-state index contributed by atoms with van der Waals surface area (Å²) in [5.41, 5.74) is 7.89. The van der Waals surface area contributed by atoms with Gasteiger partial charge in [0.25, 0.3) is 5.56 Å². The molecule has 1 atom stereocenters. The van der Waals surface area contributed by atoms with Crippen LogP contribution in [-0.4, -0.2) is 49.7 Å². The molecule has 0 fully saturated rings. The molecule has 10 heteroatoms. The van der Waals surface area contributed by atoms with Crippen molar-refractivity contribution in [3.05, 3.63) is 44.1 Å². The molecule has 0 bridgehead atoms. The Morgan fingerprint density at radius 3 is 2.69 bits per heavy atom. The van der Waals surface area contributed by atoms with Gasteiger partial charge in [0.15, 0.2) is 11.5 Å². The highest BCUT2D eigenvalue weighted by atomic mass is 16.4. The zero-order chi connectivity index (χ0) is 21.1. The van der Waals surface area contributed by atoms with Crippen LogP contribution in [0.1, 0.15) is 24.0 Å². The number of hydrogen-bond acceptors (Lipinski definition) is 7. The molecule has 2 aliphatic heterocycles. The van der Waals surface area contributed by atoms with Crippen LogP contribution in [0, 0.1) is 13.8 Å². The van der Waals surface area contributed by atoms with Gasteiger partial charge in [0.05, 0.1) is 11.0 Å². The fourth-order valence-corrected chi connectivity index (χ4v) is 3.16. The quantitative estimate of drug-likeness (QED) is 0.304. The van der Waals surface area contributed by atoms with Crippen LogP contribution < -0.4 is 22.3 Å². The second-order valence-corrected chi connectivity index (χ2v) is 7.07. The van der Waals surface area contributed by atoms with Crippen LogP contribution in [0.25, 0.3) is 22.6 Å². The van der Waals surface area contributed by atoms with E-state index in [-0.39, 0.29) is 11.5 Å². The molecule has 0 saturated heterocycles. The zero-order valence-electron chi connectivity index (χ0n) is 16.4. The molecule has 0 unspecified atom stereocenters. The number of nitrogens with two attached hydrogens (primary N) is 1. The molecule has 29 heavy (non-hydrogen) atoms. The molecule has 2 aliphatic rings. The van der Waals surface area contributed by atoms with E-state index in [1.807, 2.05) is 30.5 Å². The Morgan fingerprint density at radius 1 is 1.24 bits per heavy atom. The first-order valence-electron chi connectivity index (χ1n) is 9.39.